The second kappa shape index (κ2) is 12.5. The van der Waals surface area contributed by atoms with Crippen molar-refractivity contribution in [2.75, 3.05) is 11.9 Å². The minimum Gasteiger partial charge on any atom is -0.492 e. The third-order valence-electron chi connectivity index (χ3n) is 7.34. The van der Waals surface area contributed by atoms with Gasteiger partial charge in [-0.05, 0) is 73.4 Å². The topological polar surface area (TPSA) is 88.5 Å². The lowest BCUT2D eigenvalue weighted by Crippen LogP contribution is -2.29. The second-order valence-electron chi connectivity index (χ2n) is 9.81. The number of ether oxygens (including phenoxy) is 1. The molecule has 4 rings (SSSR count). The Bertz CT molecular complexity index is 1220. The number of nitrogens with zero attached hydrogens (tertiary/aromatic N) is 1. The van der Waals surface area contributed by atoms with Crippen LogP contribution in [0.15, 0.2) is 60.9 Å². The second-order valence-corrected chi connectivity index (χ2v) is 9.81. The molecule has 0 saturated heterocycles. The molecule has 194 valence electrons. The molecule has 1 amide bonds. The molecule has 1 fully saturated rings. The predicted octanol–water partition coefficient (Wildman–Crippen LogP) is 6.78. The molecule has 1 saturated carbocycles. The Labute approximate surface area is 219 Å². The molecule has 0 bridgehead atoms. The number of carboxylic acid groups (broad SMARTS) is 1. The number of aryl methyl sites for hydroxylation is 1. The van der Waals surface area contributed by atoms with Crippen LogP contribution in [0, 0.1) is 12.8 Å². The maximum absolute atomic E-state index is 13.8. The molecule has 0 spiro atoms. The summed E-state index contributed by atoms with van der Waals surface area (Å²) >= 11 is 0. The molecule has 2 aromatic carbocycles. The van der Waals surface area contributed by atoms with Gasteiger partial charge in [0.2, 0.25) is 5.91 Å². The first-order valence-corrected chi connectivity index (χ1v) is 13.3. The van der Waals surface area contributed by atoms with Crippen LogP contribution >= 0.6 is 0 Å². The zero-order valence-electron chi connectivity index (χ0n) is 21.7. The van der Waals surface area contributed by atoms with Crippen LogP contribution < -0.4 is 10.1 Å². The molecule has 2 N–H and O–H groups in total. The number of pyridine rings is 1. The third kappa shape index (κ3) is 6.76. The van der Waals surface area contributed by atoms with E-state index in [9.17, 15) is 9.59 Å². The molecule has 1 aromatic heterocycles. The largest absolute Gasteiger partial charge is 0.492 e. The first-order chi connectivity index (χ1) is 18.0. The average Bonchev–Trinajstić information content (AvgIpc) is 2.91. The van der Waals surface area contributed by atoms with E-state index in [-0.39, 0.29) is 24.2 Å². The molecule has 1 aliphatic carbocycles. The van der Waals surface area contributed by atoms with E-state index in [1.54, 1.807) is 6.20 Å². The summed E-state index contributed by atoms with van der Waals surface area (Å²) in [7, 11) is 0. The fraction of sp³-hybridized carbons (Fsp3) is 0.387. The molecule has 3 aromatic rings. The summed E-state index contributed by atoms with van der Waals surface area (Å²) in [4.78, 5) is 29.1. The normalized spacial score (nSPS) is 14.6. The highest BCUT2D eigenvalue weighted by Crippen LogP contribution is 2.38. The van der Waals surface area contributed by atoms with Crippen molar-refractivity contribution in [1.82, 2.24) is 4.98 Å². The maximum Gasteiger partial charge on any atom is 0.303 e. The van der Waals surface area contributed by atoms with Gasteiger partial charge in [-0.15, -0.1) is 0 Å². The lowest BCUT2D eigenvalue weighted by atomic mass is 9.76. The van der Waals surface area contributed by atoms with Crippen molar-refractivity contribution in [3.8, 4) is 16.9 Å². The van der Waals surface area contributed by atoms with Crippen molar-refractivity contribution in [3.05, 3.63) is 77.6 Å². The van der Waals surface area contributed by atoms with Gasteiger partial charge in [-0.3, -0.25) is 14.6 Å². The highest BCUT2D eigenvalue weighted by atomic mass is 16.5. The zero-order chi connectivity index (χ0) is 26.2. The summed E-state index contributed by atoms with van der Waals surface area (Å²) in [5.74, 6) is -0.0416. The molecule has 1 aliphatic rings. The maximum atomic E-state index is 13.8. The quantitative estimate of drug-likeness (QED) is 0.320. The fourth-order valence-corrected chi connectivity index (χ4v) is 5.35. The van der Waals surface area contributed by atoms with Crippen LogP contribution in [0.4, 0.5) is 5.69 Å². The van der Waals surface area contributed by atoms with E-state index in [1.165, 1.54) is 6.42 Å². The van der Waals surface area contributed by atoms with Crippen LogP contribution in [0.5, 0.6) is 5.75 Å². The average molecular weight is 501 g/mol. The molecule has 0 radical (unpaired) electrons. The first-order valence-electron chi connectivity index (χ1n) is 13.3. The van der Waals surface area contributed by atoms with Crippen LogP contribution in [0.1, 0.15) is 68.1 Å². The summed E-state index contributed by atoms with van der Waals surface area (Å²) in [6.45, 7) is 4.48. The minimum atomic E-state index is -0.824. The van der Waals surface area contributed by atoms with Crippen LogP contribution in [0.3, 0.4) is 0 Å². The Morgan fingerprint density at radius 1 is 1.05 bits per heavy atom. The highest BCUT2D eigenvalue weighted by molar-refractivity contribution is 5.97. The van der Waals surface area contributed by atoms with Gasteiger partial charge in [0.15, 0.2) is 0 Å². The van der Waals surface area contributed by atoms with Crippen LogP contribution in [-0.4, -0.2) is 28.6 Å². The number of hydrogen-bond donors (Lipinski definition) is 2. The standard InChI is InChI=1S/C31H36N2O4/c1-3-37-27-18-26(19-32-20-27)23-12-14-25(15-13-23)30(24-8-5-4-6-9-24)31(36)33-28-11-7-10-22(21(28)2)16-17-29(34)35/h7,10-15,18-20,24,30H,3-6,8-9,16-17H2,1-2H3,(H,33,36)(H,34,35). The molecule has 6 heteroatoms. The number of carboxylic acids is 1. The fourth-order valence-electron chi connectivity index (χ4n) is 5.35. The molecule has 1 heterocycles. The van der Waals surface area contributed by atoms with Crippen molar-refractivity contribution in [3.63, 3.8) is 0 Å². The number of rotatable bonds is 10. The van der Waals surface area contributed by atoms with Crippen LogP contribution in [0.2, 0.25) is 0 Å². The van der Waals surface area contributed by atoms with Crippen LogP contribution in [-0.2, 0) is 16.0 Å². The number of hydrogen-bond acceptors (Lipinski definition) is 4. The molecule has 1 unspecified atom stereocenters. The van der Waals surface area contributed by atoms with Gasteiger partial charge in [-0.25, -0.2) is 0 Å². The summed E-state index contributed by atoms with van der Waals surface area (Å²) < 4.78 is 5.60. The first kappa shape index (κ1) is 26.4. The van der Waals surface area contributed by atoms with E-state index in [1.807, 2.05) is 44.3 Å². The number of amides is 1. The Morgan fingerprint density at radius 2 is 1.81 bits per heavy atom. The monoisotopic (exact) mass is 500 g/mol. The summed E-state index contributed by atoms with van der Waals surface area (Å²) in [5, 5.41) is 12.3. The van der Waals surface area contributed by atoms with E-state index in [4.69, 9.17) is 9.84 Å². The van der Waals surface area contributed by atoms with Gasteiger partial charge >= 0.3 is 5.97 Å². The van der Waals surface area contributed by atoms with E-state index < -0.39 is 5.97 Å². The van der Waals surface area contributed by atoms with E-state index in [0.29, 0.717) is 13.0 Å². The Balaban J connectivity index is 1.58. The number of nitrogens with one attached hydrogen (secondary N) is 1. The van der Waals surface area contributed by atoms with E-state index >= 15 is 0 Å². The molecule has 0 aliphatic heterocycles. The highest BCUT2D eigenvalue weighted by Gasteiger charge is 2.31. The van der Waals surface area contributed by atoms with Crippen LogP contribution in [0.25, 0.3) is 11.1 Å². The Hall–Kier alpha value is -3.67. The van der Waals surface area contributed by atoms with Gasteiger partial charge in [0.1, 0.15) is 5.75 Å². The van der Waals surface area contributed by atoms with Crippen molar-refractivity contribution < 1.29 is 19.4 Å². The number of aromatic nitrogens is 1. The number of aliphatic carboxylic acids is 1. The lowest BCUT2D eigenvalue weighted by molar-refractivity contribution is -0.137. The predicted molar refractivity (Wildman–Crippen MR) is 146 cm³/mol. The van der Waals surface area contributed by atoms with E-state index in [0.717, 1.165) is 64.9 Å². The van der Waals surface area contributed by atoms with Gasteiger partial charge in [-0.1, -0.05) is 55.7 Å². The Morgan fingerprint density at radius 3 is 2.51 bits per heavy atom. The summed E-state index contributed by atoms with van der Waals surface area (Å²) in [6, 6.07) is 15.9. The number of carbonyl (C=O) groups is 2. The van der Waals surface area contributed by atoms with Crippen molar-refractivity contribution >= 4 is 17.6 Å². The van der Waals surface area contributed by atoms with Crippen molar-refractivity contribution in [2.24, 2.45) is 5.92 Å². The number of carbonyl (C=O) groups excluding carboxylic acids is 1. The summed E-state index contributed by atoms with van der Waals surface area (Å²) in [5.41, 5.74) is 5.65. The smallest absolute Gasteiger partial charge is 0.303 e. The molecule has 37 heavy (non-hydrogen) atoms. The Kier molecular flexibility index (Phi) is 8.94. The van der Waals surface area contributed by atoms with Gasteiger partial charge in [0, 0.05) is 23.9 Å². The number of anilines is 1. The molecule has 6 nitrogen and oxygen atoms in total. The number of benzene rings is 2. The minimum absolute atomic E-state index is 0.00172. The summed E-state index contributed by atoms with van der Waals surface area (Å²) in [6.07, 6.45) is 9.63. The van der Waals surface area contributed by atoms with Crippen molar-refractivity contribution in [2.45, 2.75) is 64.7 Å². The van der Waals surface area contributed by atoms with Crippen molar-refractivity contribution in [1.29, 1.82) is 0 Å². The van der Waals surface area contributed by atoms with Gasteiger partial charge in [-0.2, -0.15) is 0 Å². The van der Waals surface area contributed by atoms with Gasteiger partial charge < -0.3 is 15.2 Å². The molecular weight excluding hydrogens is 464 g/mol. The van der Waals surface area contributed by atoms with Gasteiger partial charge in [0.25, 0.3) is 0 Å². The van der Waals surface area contributed by atoms with E-state index in [2.05, 4.69) is 34.6 Å². The molecular formula is C31H36N2O4. The SMILES string of the molecule is CCOc1cncc(-c2ccc(C(C(=O)Nc3cccc(CCC(=O)O)c3C)C3CCCCC3)cc2)c1. The lowest BCUT2D eigenvalue weighted by Gasteiger charge is -2.30. The zero-order valence-corrected chi connectivity index (χ0v) is 21.7. The molecule has 1 atom stereocenters. The third-order valence-corrected chi connectivity index (χ3v) is 7.34. The van der Waals surface area contributed by atoms with Gasteiger partial charge in [0.05, 0.1) is 18.7 Å².